The SMILES string of the molecule is O=c1ccc2cnc3ccc(-c4cccc5ccccc45)cc3c2n1-c1ccc(N2CCNCC2)c(C(F)(F)F)c1. The number of pyridine rings is 2. The van der Waals surface area contributed by atoms with Crippen LogP contribution in [0.5, 0.6) is 0 Å². The molecule has 4 aromatic carbocycles. The zero-order valence-electron chi connectivity index (χ0n) is 21.9. The van der Waals surface area contributed by atoms with E-state index in [1.807, 2.05) is 42.5 Å². The summed E-state index contributed by atoms with van der Waals surface area (Å²) in [6, 6.07) is 27.3. The minimum Gasteiger partial charge on any atom is -0.368 e. The fourth-order valence-electron chi connectivity index (χ4n) is 5.88. The van der Waals surface area contributed by atoms with Crippen molar-refractivity contribution in [2.75, 3.05) is 31.1 Å². The maximum absolute atomic E-state index is 14.4. The Labute approximate surface area is 233 Å². The number of fused-ring (bicyclic) bond motifs is 4. The summed E-state index contributed by atoms with van der Waals surface area (Å²) in [6.07, 6.45) is -2.93. The summed E-state index contributed by atoms with van der Waals surface area (Å²) in [6.45, 7) is 2.17. The number of aromatic nitrogens is 2. The van der Waals surface area contributed by atoms with E-state index in [-0.39, 0.29) is 11.4 Å². The van der Waals surface area contributed by atoms with E-state index >= 15 is 0 Å². The molecular formula is C33H25F3N4O. The molecule has 1 aliphatic heterocycles. The first-order valence-corrected chi connectivity index (χ1v) is 13.5. The maximum atomic E-state index is 14.4. The van der Waals surface area contributed by atoms with E-state index in [0.717, 1.165) is 28.0 Å². The van der Waals surface area contributed by atoms with E-state index in [2.05, 4.69) is 28.5 Å². The highest BCUT2D eigenvalue weighted by molar-refractivity contribution is 6.07. The number of hydrogen-bond donors (Lipinski definition) is 1. The lowest BCUT2D eigenvalue weighted by molar-refractivity contribution is -0.137. The van der Waals surface area contributed by atoms with Crippen molar-refractivity contribution in [1.82, 2.24) is 14.9 Å². The van der Waals surface area contributed by atoms with Gasteiger partial charge in [-0.05, 0) is 58.3 Å². The number of hydrogen-bond acceptors (Lipinski definition) is 4. The lowest BCUT2D eigenvalue weighted by Gasteiger charge is -2.32. The predicted octanol–water partition coefficient (Wildman–Crippen LogP) is 6.79. The van der Waals surface area contributed by atoms with Crippen LogP contribution < -0.4 is 15.8 Å². The van der Waals surface area contributed by atoms with E-state index in [1.54, 1.807) is 23.2 Å². The van der Waals surface area contributed by atoms with Gasteiger partial charge < -0.3 is 10.2 Å². The largest absolute Gasteiger partial charge is 0.418 e. The first kappa shape index (κ1) is 25.3. The quantitative estimate of drug-likeness (QED) is 0.247. The Morgan fingerprint density at radius 1 is 0.780 bits per heavy atom. The number of nitrogens with one attached hydrogen (secondary N) is 1. The molecule has 0 radical (unpaired) electrons. The standard InChI is InChI=1S/C33H25F3N4O/c34-33(35,36)28-19-24(10-12-30(28)39-16-14-37-15-17-39)40-31(41)13-9-23-20-38-29-11-8-22(18-27(29)32(23)40)26-7-3-5-21-4-1-2-6-25(21)26/h1-13,18-20,37H,14-17H2. The first-order chi connectivity index (χ1) is 19.9. The van der Waals surface area contributed by atoms with Crippen LogP contribution in [0.1, 0.15) is 5.56 Å². The molecule has 1 aliphatic rings. The van der Waals surface area contributed by atoms with E-state index in [9.17, 15) is 18.0 Å². The van der Waals surface area contributed by atoms with Gasteiger partial charge in [0.2, 0.25) is 0 Å². The third-order valence-electron chi connectivity index (χ3n) is 7.82. The maximum Gasteiger partial charge on any atom is 0.418 e. The molecule has 0 spiro atoms. The van der Waals surface area contributed by atoms with Crippen molar-refractivity contribution in [2.24, 2.45) is 0 Å². The summed E-state index contributed by atoms with van der Waals surface area (Å²) in [5.74, 6) is 0. The van der Waals surface area contributed by atoms with Crippen molar-refractivity contribution in [2.45, 2.75) is 6.18 Å². The molecule has 5 nitrogen and oxygen atoms in total. The number of anilines is 1. The summed E-state index contributed by atoms with van der Waals surface area (Å²) < 4.78 is 44.6. The predicted molar refractivity (Wildman–Crippen MR) is 158 cm³/mol. The van der Waals surface area contributed by atoms with Crippen LogP contribution in [0.4, 0.5) is 18.9 Å². The second kappa shape index (κ2) is 9.74. The molecular weight excluding hydrogens is 525 g/mol. The number of alkyl halides is 3. The first-order valence-electron chi connectivity index (χ1n) is 13.5. The van der Waals surface area contributed by atoms with Crippen molar-refractivity contribution in [3.8, 4) is 16.8 Å². The minimum absolute atomic E-state index is 0.126. The van der Waals surface area contributed by atoms with Crippen molar-refractivity contribution in [3.63, 3.8) is 0 Å². The molecule has 8 heteroatoms. The molecule has 204 valence electrons. The van der Waals surface area contributed by atoms with Gasteiger partial charge in [0.15, 0.2) is 0 Å². The topological polar surface area (TPSA) is 50.2 Å². The number of piperazine rings is 1. The molecule has 0 bridgehead atoms. The monoisotopic (exact) mass is 550 g/mol. The van der Waals surface area contributed by atoms with Crippen LogP contribution in [0.2, 0.25) is 0 Å². The molecule has 2 aromatic heterocycles. The van der Waals surface area contributed by atoms with Crippen molar-refractivity contribution < 1.29 is 13.2 Å². The highest BCUT2D eigenvalue weighted by Crippen LogP contribution is 2.39. The Morgan fingerprint density at radius 3 is 2.41 bits per heavy atom. The van der Waals surface area contributed by atoms with E-state index in [0.29, 0.717) is 48.0 Å². The molecule has 1 fully saturated rings. The van der Waals surface area contributed by atoms with E-state index < -0.39 is 17.3 Å². The summed E-state index contributed by atoms with van der Waals surface area (Å²) >= 11 is 0. The zero-order valence-corrected chi connectivity index (χ0v) is 21.9. The van der Waals surface area contributed by atoms with Crippen molar-refractivity contribution in [3.05, 3.63) is 113 Å². The molecule has 3 heterocycles. The molecule has 0 unspecified atom stereocenters. The molecule has 7 rings (SSSR count). The van der Waals surface area contributed by atoms with Gasteiger partial charge in [0, 0.05) is 54.9 Å². The average Bonchev–Trinajstić information content (AvgIpc) is 3.00. The van der Waals surface area contributed by atoms with Gasteiger partial charge in [0.05, 0.1) is 22.3 Å². The lowest BCUT2D eigenvalue weighted by atomic mass is 9.96. The Balaban J connectivity index is 1.48. The average molecular weight is 551 g/mol. The number of halogens is 3. The summed E-state index contributed by atoms with van der Waals surface area (Å²) in [4.78, 5) is 19.7. The van der Waals surface area contributed by atoms with Crippen LogP contribution in [0.3, 0.4) is 0 Å². The van der Waals surface area contributed by atoms with Crippen LogP contribution >= 0.6 is 0 Å². The summed E-state index contributed by atoms with van der Waals surface area (Å²) in [5.41, 5.74) is 2.24. The molecule has 6 aromatic rings. The van der Waals surface area contributed by atoms with Gasteiger partial charge in [-0.15, -0.1) is 0 Å². The Hall–Kier alpha value is -4.69. The zero-order chi connectivity index (χ0) is 28.1. The number of nitrogens with zero attached hydrogens (tertiary/aromatic N) is 3. The highest BCUT2D eigenvalue weighted by atomic mass is 19.4. The number of benzene rings is 4. The van der Waals surface area contributed by atoms with Crippen LogP contribution in [0.25, 0.3) is 49.4 Å². The van der Waals surface area contributed by atoms with E-state index in [1.165, 1.54) is 16.7 Å². The minimum atomic E-state index is -4.59. The van der Waals surface area contributed by atoms with Crippen LogP contribution in [0, 0.1) is 0 Å². The Kier molecular flexibility index (Phi) is 6.01. The molecule has 0 atom stereocenters. The van der Waals surface area contributed by atoms with Crippen LogP contribution in [-0.4, -0.2) is 35.7 Å². The van der Waals surface area contributed by atoms with Gasteiger partial charge in [-0.2, -0.15) is 13.2 Å². The second-order valence-corrected chi connectivity index (χ2v) is 10.3. The third-order valence-corrected chi connectivity index (χ3v) is 7.82. The normalized spacial score (nSPS) is 14.3. The molecule has 41 heavy (non-hydrogen) atoms. The molecule has 0 amide bonds. The Morgan fingerprint density at radius 2 is 1.59 bits per heavy atom. The van der Waals surface area contributed by atoms with Gasteiger partial charge in [0.1, 0.15) is 0 Å². The van der Waals surface area contributed by atoms with E-state index in [4.69, 9.17) is 0 Å². The van der Waals surface area contributed by atoms with Crippen LogP contribution in [-0.2, 0) is 6.18 Å². The van der Waals surface area contributed by atoms with Gasteiger partial charge >= 0.3 is 6.18 Å². The molecule has 0 aliphatic carbocycles. The Bertz CT molecular complexity index is 2000. The van der Waals surface area contributed by atoms with Crippen LogP contribution in [0.15, 0.2) is 102 Å². The van der Waals surface area contributed by atoms with Gasteiger partial charge in [-0.25, -0.2) is 0 Å². The lowest BCUT2D eigenvalue weighted by Crippen LogP contribution is -2.44. The smallest absolute Gasteiger partial charge is 0.368 e. The fraction of sp³-hybridized carbons (Fsp3) is 0.152. The summed E-state index contributed by atoms with van der Waals surface area (Å²) in [5, 5.41) is 6.70. The third kappa shape index (κ3) is 4.40. The summed E-state index contributed by atoms with van der Waals surface area (Å²) in [7, 11) is 0. The highest BCUT2D eigenvalue weighted by Gasteiger charge is 2.36. The second-order valence-electron chi connectivity index (χ2n) is 10.3. The molecule has 1 N–H and O–H groups in total. The van der Waals surface area contributed by atoms with Gasteiger partial charge in [-0.3, -0.25) is 14.3 Å². The molecule has 1 saturated heterocycles. The van der Waals surface area contributed by atoms with Gasteiger partial charge in [-0.1, -0.05) is 48.5 Å². The molecule has 0 saturated carbocycles. The van der Waals surface area contributed by atoms with Gasteiger partial charge in [0.25, 0.3) is 5.56 Å². The fourth-order valence-corrected chi connectivity index (χ4v) is 5.88. The van der Waals surface area contributed by atoms with Crippen molar-refractivity contribution in [1.29, 1.82) is 0 Å². The van der Waals surface area contributed by atoms with Crippen molar-refractivity contribution >= 4 is 38.3 Å². The number of rotatable bonds is 3.